The van der Waals surface area contributed by atoms with Crippen LogP contribution >= 0.6 is 0 Å². The number of carbonyl (C=O) groups excluding carboxylic acids is 1. The molecule has 1 aromatic rings. The van der Waals surface area contributed by atoms with Crippen LogP contribution in [0.1, 0.15) is 31.3 Å². The first kappa shape index (κ1) is 13.8. The zero-order valence-electron chi connectivity index (χ0n) is 11.0. The number of hydrogen-bond donors (Lipinski definition) is 0. The average molecular weight is 238 g/mol. The SMILES string of the molecule is CCOC(=O)c1cccn1CCN(CC)CC. The molecule has 0 saturated heterocycles. The van der Waals surface area contributed by atoms with Gasteiger partial charge in [0.15, 0.2) is 0 Å². The number of carbonyl (C=O) groups is 1. The van der Waals surface area contributed by atoms with Crippen LogP contribution in [0.5, 0.6) is 0 Å². The first-order valence-corrected chi connectivity index (χ1v) is 6.27. The van der Waals surface area contributed by atoms with Crippen molar-refractivity contribution in [2.75, 3.05) is 26.2 Å². The van der Waals surface area contributed by atoms with Gasteiger partial charge in [0.05, 0.1) is 6.61 Å². The summed E-state index contributed by atoms with van der Waals surface area (Å²) >= 11 is 0. The van der Waals surface area contributed by atoms with Crippen molar-refractivity contribution in [2.24, 2.45) is 0 Å². The van der Waals surface area contributed by atoms with Crippen LogP contribution in [0, 0.1) is 0 Å². The molecule has 0 amide bonds. The number of likely N-dealkylation sites (N-methyl/N-ethyl adjacent to an activating group) is 1. The Hall–Kier alpha value is -1.29. The van der Waals surface area contributed by atoms with Crippen LogP contribution in [0.3, 0.4) is 0 Å². The number of hydrogen-bond acceptors (Lipinski definition) is 3. The molecule has 1 heterocycles. The summed E-state index contributed by atoms with van der Waals surface area (Å²) in [5, 5.41) is 0. The van der Waals surface area contributed by atoms with E-state index >= 15 is 0 Å². The molecule has 4 heteroatoms. The zero-order valence-corrected chi connectivity index (χ0v) is 11.0. The molecule has 1 aromatic heterocycles. The molecule has 0 aliphatic carbocycles. The molecule has 0 aromatic carbocycles. The minimum Gasteiger partial charge on any atom is -0.461 e. The smallest absolute Gasteiger partial charge is 0.354 e. The van der Waals surface area contributed by atoms with Crippen molar-refractivity contribution in [1.29, 1.82) is 0 Å². The van der Waals surface area contributed by atoms with Gasteiger partial charge >= 0.3 is 5.97 Å². The minimum absolute atomic E-state index is 0.239. The summed E-state index contributed by atoms with van der Waals surface area (Å²) in [4.78, 5) is 14.0. The molecule has 0 spiro atoms. The van der Waals surface area contributed by atoms with Gasteiger partial charge in [0.2, 0.25) is 0 Å². The van der Waals surface area contributed by atoms with Crippen molar-refractivity contribution >= 4 is 5.97 Å². The third-order valence-electron chi connectivity index (χ3n) is 2.87. The van der Waals surface area contributed by atoms with E-state index in [1.54, 1.807) is 6.07 Å². The summed E-state index contributed by atoms with van der Waals surface area (Å²) in [6.07, 6.45) is 1.93. The Morgan fingerprint density at radius 2 is 2.06 bits per heavy atom. The second-order valence-electron chi connectivity index (χ2n) is 3.83. The predicted octanol–water partition coefficient (Wildman–Crippen LogP) is 2.01. The standard InChI is InChI=1S/C13H22N2O2/c1-4-14(5-2)10-11-15-9-7-8-12(15)13(16)17-6-3/h7-9H,4-6,10-11H2,1-3H3. The molecular formula is C13H22N2O2. The van der Waals surface area contributed by atoms with E-state index in [9.17, 15) is 4.79 Å². The molecule has 0 aliphatic rings. The predicted molar refractivity (Wildman–Crippen MR) is 68.2 cm³/mol. The van der Waals surface area contributed by atoms with Gasteiger partial charge in [0.25, 0.3) is 0 Å². The number of ether oxygens (including phenoxy) is 1. The molecule has 0 atom stereocenters. The monoisotopic (exact) mass is 238 g/mol. The summed E-state index contributed by atoms with van der Waals surface area (Å²) < 4.78 is 6.97. The minimum atomic E-state index is -0.239. The maximum absolute atomic E-state index is 11.7. The summed E-state index contributed by atoms with van der Waals surface area (Å²) in [5.41, 5.74) is 0.638. The lowest BCUT2D eigenvalue weighted by Gasteiger charge is -2.18. The first-order chi connectivity index (χ1) is 8.22. The van der Waals surface area contributed by atoms with E-state index < -0.39 is 0 Å². The van der Waals surface area contributed by atoms with Gasteiger partial charge in [0.1, 0.15) is 5.69 Å². The van der Waals surface area contributed by atoms with Crippen LogP contribution in [0.25, 0.3) is 0 Å². The average Bonchev–Trinajstić information content (AvgIpc) is 2.79. The fraction of sp³-hybridized carbons (Fsp3) is 0.615. The number of rotatable bonds is 7. The third-order valence-corrected chi connectivity index (χ3v) is 2.87. The maximum atomic E-state index is 11.7. The second-order valence-corrected chi connectivity index (χ2v) is 3.83. The van der Waals surface area contributed by atoms with Crippen molar-refractivity contribution in [2.45, 2.75) is 27.3 Å². The first-order valence-electron chi connectivity index (χ1n) is 6.27. The zero-order chi connectivity index (χ0) is 12.7. The van der Waals surface area contributed by atoms with E-state index in [1.807, 2.05) is 23.8 Å². The van der Waals surface area contributed by atoms with Crippen molar-refractivity contribution in [3.05, 3.63) is 24.0 Å². The van der Waals surface area contributed by atoms with Gasteiger partial charge < -0.3 is 14.2 Å². The highest BCUT2D eigenvalue weighted by molar-refractivity contribution is 5.87. The van der Waals surface area contributed by atoms with Crippen LogP contribution in [-0.2, 0) is 11.3 Å². The van der Waals surface area contributed by atoms with E-state index in [4.69, 9.17) is 4.74 Å². The third kappa shape index (κ3) is 3.89. The van der Waals surface area contributed by atoms with Crippen LogP contribution in [0.4, 0.5) is 0 Å². The molecule has 4 nitrogen and oxygen atoms in total. The molecule has 0 unspecified atom stereocenters. The quantitative estimate of drug-likeness (QED) is 0.681. The van der Waals surface area contributed by atoms with E-state index in [-0.39, 0.29) is 5.97 Å². The summed E-state index contributed by atoms with van der Waals surface area (Å²) in [6.45, 7) is 10.4. The van der Waals surface area contributed by atoms with Gasteiger partial charge in [-0.3, -0.25) is 0 Å². The maximum Gasteiger partial charge on any atom is 0.354 e. The largest absolute Gasteiger partial charge is 0.461 e. The van der Waals surface area contributed by atoms with Crippen LogP contribution in [0.2, 0.25) is 0 Å². The van der Waals surface area contributed by atoms with Crippen LogP contribution < -0.4 is 0 Å². The summed E-state index contributed by atoms with van der Waals surface area (Å²) in [6, 6.07) is 3.69. The highest BCUT2D eigenvalue weighted by atomic mass is 16.5. The second kappa shape index (κ2) is 7.12. The van der Waals surface area contributed by atoms with Gasteiger partial charge in [-0.05, 0) is 32.1 Å². The Labute approximate surface area is 103 Å². The van der Waals surface area contributed by atoms with Gasteiger partial charge in [0, 0.05) is 19.3 Å². The van der Waals surface area contributed by atoms with Crippen LogP contribution in [-0.4, -0.2) is 41.7 Å². The molecule has 0 N–H and O–H groups in total. The van der Waals surface area contributed by atoms with Crippen molar-refractivity contribution < 1.29 is 9.53 Å². The van der Waals surface area contributed by atoms with E-state index in [1.165, 1.54) is 0 Å². The Morgan fingerprint density at radius 3 is 2.65 bits per heavy atom. The lowest BCUT2D eigenvalue weighted by atomic mass is 10.4. The molecule has 0 saturated carbocycles. The van der Waals surface area contributed by atoms with E-state index in [0.717, 1.165) is 26.2 Å². The van der Waals surface area contributed by atoms with Gasteiger partial charge in [-0.2, -0.15) is 0 Å². The Balaban J connectivity index is 2.59. The number of esters is 1. The fourth-order valence-corrected chi connectivity index (χ4v) is 1.79. The molecule has 0 fully saturated rings. The molecule has 0 aliphatic heterocycles. The number of nitrogens with zero attached hydrogens (tertiary/aromatic N) is 2. The van der Waals surface area contributed by atoms with E-state index in [2.05, 4.69) is 18.7 Å². The van der Waals surface area contributed by atoms with E-state index in [0.29, 0.717) is 12.3 Å². The van der Waals surface area contributed by atoms with Gasteiger partial charge in [-0.1, -0.05) is 13.8 Å². The normalized spacial score (nSPS) is 10.8. The van der Waals surface area contributed by atoms with Crippen molar-refractivity contribution in [3.63, 3.8) is 0 Å². The van der Waals surface area contributed by atoms with Crippen molar-refractivity contribution in [1.82, 2.24) is 9.47 Å². The van der Waals surface area contributed by atoms with Gasteiger partial charge in [-0.25, -0.2) is 4.79 Å². The topological polar surface area (TPSA) is 34.5 Å². The molecule has 0 radical (unpaired) electrons. The molecule has 0 bridgehead atoms. The van der Waals surface area contributed by atoms with Gasteiger partial charge in [-0.15, -0.1) is 0 Å². The van der Waals surface area contributed by atoms with Crippen molar-refractivity contribution in [3.8, 4) is 0 Å². The highest BCUT2D eigenvalue weighted by Crippen LogP contribution is 2.05. The lowest BCUT2D eigenvalue weighted by molar-refractivity contribution is 0.0513. The highest BCUT2D eigenvalue weighted by Gasteiger charge is 2.11. The Bertz CT molecular complexity index is 343. The summed E-state index contributed by atoms with van der Waals surface area (Å²) in [5.74, 6) is -0.239. The molecule has 96 valence electrons. The summed E-state index contributed by atoms with van der Waals surface area (Å²) in [7, 11) is 0. The molecular weight excluding hydrogens is 216 g/mol. The lowest BCUT2D eigenvalue weighted by Crippen LogP contribution is -2.27. The Morgan fingerprint density at radius 1 is 1.35 bits per heavy atom. The van der Waals surface area contributed by atoms with Crippen LogP contribution in [0.15, 0.2) is 18.3 Å². The number of aromatic nitrogens is 1. The molecule has 1 rings (SSSR count). The Kier molecular flexibility index (Phi) is 5.77. The molecule has 17 heavy (non-hydrogen) atoms. The fourth-order valence-electron chi connectivity index (χ4n) is 1.79.